The summed E-state index contributed by atoms with van der Waals surface area (Å²) in [6.45, 7) is 0.646. The van der Waals surface area contributed by atoms with E-state index in [1.165, 1.54) is 6.92 Å². The van der Waals surface area contributed by atoms with Crippen LogP contribution in [0.1, 0.15) is 6.92 Å². The van der Waals surface area contributed by atoms with Crippen LogP contribution in [0.3, 0.4) is 0 Å². The summed E-state index contributed by atoms with van der Waals surface area (Å²) in [6.07, 6.45) is -0.991. The molecule has 0 saturated heterocycles. The highest BCUT2D eigenvalue weighted by atomic mass is 16.6. The first kappa shape index (κ1) is 9.80. The first-order chi connectivity index (χ1) is 4.45. The van der Waals surface area contributed by atoms with E-state index < -0.39 is 18.6 Å². The number of nitrogens with two attached hydrogens (primary N) is 1. The molecule has 0 aromatic carbocycles. The zero-order valence-electron chi connectivity index (χ0n) is 5.82. The average molecular weight is 151 g/mol. The Labute approximate surface area is 59.0 Å². The molecule has 0 fully saturated rings. The molecular formula is C5H13NO4. The lowest BCUT2D eigenvalue weighted by atomic mass is 10.4. The fraction of sp³-hybridized carbons (Fsp3) is 1.00. The Morgan fingerprint density at radius 2 is 2.20 bits per heavy atom. The molecule has 0 amide bonds. The van der Waals surface area contributed by atoms with Gasteiger partial charge in [0.15, 0.2) is 0 Å². The summed E-state index contributed by atoms with van der Waals surface area (Å²) in [5.41, 5.74) is 4.98. The van der Waals surface area contributed by atoms with E-state index in [9.17, 15) is 0 Å². The van der Waals surface area contributed by atoms with Crippen molar-refractivity contribution in [2.24, 2.45) is 5.73 Å². The Morgan fingerprint density at radius 1 is 1.70 bits per heavy atom. The maximum absolute atomic E-state index is 8.72. The number of hydrogen-bond acceptors (Lipinski definition) is 5. The Kier molecular flexibility index (Phi) is 3.77. The van der Waals surface area contributed by atoms with Crippen molar-refractivity contribution in [2.75, 3.05) is 13.2 Å². The van der Waals surface area contributed by atoms with Crippen molar-refractivity contribution < 1.29 is 20.1 Å². The van der Waals surface area contributed by atoms with E-state index in [2.05, 4.69) is 4.74 Å². The average Bonchev–Trinajstić information content (AvgIpc) is 1.81. The maximum atomic E-state index is 8.72. The van der Waals surface area contributed by atoms with E-state index >= 15 is 0 Å². The lowest BCUT2D eigenvalue weighted by Gasteiger charge is -2.19. The minimum Gasteiger partial charge on any atom is -0.394 e. The van der Waals surface area contributed by atoms with E-state index in [4.69, 9.17) is 21.1 Å². The van der Waals surface area contributed by atoms with Crippen LogP contribution in [0, 0.1) is 0 Å². The SMILES string of the molecule is CC(N)(O)OCC(O)CO. The van der Waals surface area contributed by atoms with Gasteiger partial charge in [0.2, 0.25) is 5.91 Å². The van der Waals surface area contributed by atoms with E-state index in [-0.39, 0.29) is 6.61 Å². The molecule has 0 aliphatic rings. The Hall–Kier alpha value is -0.200. The van der Waals surface area contributed by atoms with E-state index in [1.54, 1.807) is 0 Å². The molecule has 0 saturated carbocycles. The Bertz CT molecular complexity index is 90.1. The number of aliphatic hydroxyl groups excluding tert-OH is 2. The fourth-order valence-corrected chi connectivity index (χ4v) is 0.318. The predicted octanol–water partition coefficient (Wildman–Crippen LogP) is -2.02. The van der Waals surface area contributed by atoms with Crippen molar-refractivity contribution in [1.29, 1.82) is 0 Å². The molecule has 5 heteroatoms. The molecular weight excluding hydrogens is 138 g/mol. The van der Waals surface area contributed by atoms with Crippen LogP contribution in [-0.4, -0.2) is 40.5 Å². The molecule has 5 N–H and O–H groups in total. The lowest BCUT2D eigenvalue weighted by Crippen LogP contribution is -2.41. The quantitative estimate of drug-likeness (QED) is 0.348. The third-order valence-electron chi connectivity index (χ3n) is 0.779. The molecule has 0 rings (SSSR count). The van der Waals surface area contributed by atoms with Gasteiger partial charge in [0.25, 0.3) is 0 Å². The van der Waals surface area contributed by atoms with Gasteiger partial charge >= 0.3 is 0 Å². The molecule has 10 heavy (non-hydrogen) atoms. The first-order valence-corrected chi connectivity index (χ1v) is 2.90. The van der Waals surface area contributed by atoms with Crippen molar-refractivity contribution >= 4 is 0 Å². The van der Waals surface area contributed by atoms with E-state index in [0.29, 0.717) is 0 Å². The van der Waals surface area contributed by atoms with Crippen LogP contribution in [0.5, 0.6) is 0 Å². The zero-order valence-corrected chi connectivity index (χ0v) is 5.82. The molecule has 0 heterocycles. The molecule has 0 bridgehead atoms. The Morgan fingerprint density at radius 3 is 2.50 bits per heavy atom. The number of ether oxygens (including phenoxy) is 1. The van der Waals surface area contributed by atoms with Gasteiger partial charge < -0.3 is 20.1 Å². The summed E-state index contributed by atoms with van der Waals surface area (Å²) >= 11 is 0. The minimum atomic E-state index is -1.74. The van der Waals surface area contributed by atoms with Gasteiger partial charge in [-0.25, -0.2) is 0 Å². The number of rotatable bonds is 4. The second-order valence-electron chi connectivity index (χ2n) is 2.20. The predicted molar refractivity (Wildman–Crippen MR) is 33.9 cm³/mol. The monoisotopic (exact) mass is 151 g/mol. The summed E-state index contributed by atoms with van der Waals surface area (Å²) in [4.78, 5) is 0. The second kappa shape index (κ2) is 3.85. The summed E-state index contributed by atoms with van der Waals surface area (Å²) in [5, 5.41) is 25.7. The van der Waals surface area contributed by atoms with Gasteiger partial charge in [0.1, 0.15) is 6.10 Å². The highest BCUT2D eigenvalue weighted by molar-refractivity contribution is 4.52. The van der Waals surface area contributed by atoms with Gasteiger partial charge in [-0.15, -0.1) is 0 Å². The van der Waals surface area contributed by atoms with Crippen molar-refractivity contribution in [3.05, 3.63) is 0 Å². The van der Waals surface area contributed by atoms with Gasteiger partial charge in [-0.1, -0.05) is 0 Å². The van der Waals surface area contributed by atoms with Gasteiger partial charge in [0.05, 0.1) is 13.2 Å². The summed E-state index contributed by atoms with van der Waals surface area (Å²) < 4.78 is 4.51. The fourth-order valence-electron chi connectivity index (χ4n) is 0.318. The molecule has 2 unspecified atom stereocenters. The van der Waals surface area contributed by atoms with Gasteiger partial charge in [0, 0.05) is 6.92 Å². The lowest BCUT2D eigenvalue weighted by molar-refractivity contribution is -0.201. The van der Waals surface area contributed by atoms with Gasteiger partial charge in [-0.3, -0.25) is 5.73 Å². The number of hydrogen-bond donors (Lipinski definition) is 4. The molecule has 0 aliphatic carbocycles. The summed E-state index contributed by atoms with van der Waals surface area (Å²) in [5.74, 6) is -1.74. The normalized spacial score (nSPS) is 20.1. The largest absolute Gasteiger partial charge is 0.394 e. The third-order valence-corrected chi connectivity index (χ3v) is 0.779. The van der Waals surface area contributed by atoms with Crippen LogP contribution in [0.25, 0.3) is 0 Å². The van der Waals surface area contributed by atoms with Gasteiger partial charge in [-0.05, 0) is 0 Å². The molecule has 0 radical (unpaired) electrons. The van der Waals surface area contributed by atoms with Crippen molar-refractivity contribution in [2.45, 2.75) is 18.9 Å². The topological polar surface area (TPSA) is 95.9 Å². The maximum Gasteiger partial charge on any atom is 0.219 e. The zero-order chi connectivity index (χ0) is 8.20. The highest BCUT2D eigenvalue weighted by Gasteiger charge is 2.14. The Balaban J connectivity index is 3.36. The molecule has 2 atom stereocenters. The van der Waals surface area contributed by atoms with E-state index in [1.807, 2.05) is 0 Å². The summed E-state index contributed by atoms with van der Waals surface area (Å²) in [7, 11) is 0. The number of aliphatic hydroxyl groups is 3. The molecule has 0 aliphatic heterocycles. The minimum absolute atomic E-state index is 0.181. The third kappa shape index (κ3) is 5.93. The standard InChI is InChI=1S/C5H13NO4/c1-5(6,9)10-3-4(8)2-7/h4,7-9H,2-3,6H2,1H3. The molecule has 5 nitrogen and oxygen atoms in total. The van der Waals surface area contributed by atoms with Crippen LogP contribution in [-0.2, 0) is 4.74 Å². The second-order valence-corrected chi connectivity index (χ2v) is 2.20. The smallest absolute Gasteiger partial charge is 0.219 e. The molecule has 0 spiro atoms. The highest BCUT2D eigenvalue weighted by Crippen LogP contribution is 1.95. The van der Waals surface area contributed by atoms with Crippen molar-refractivity contribution in [1.82, 2.24) is 0 Å². The summed E-state index contributed by atoms with van der Waals surface area (Å²) in [6, 6.07) is 0. The van der Waals surface area contributed by atoms with Crippen molar-refractivity contribution in [3.8, 4) is 0 Å². The van der Waals surface area contributed by atoms with Crippen LogP contribution < -0.4 is 5.73 Å². The van der Waals surface area contributed by atoms with Crippen LogP contribution in [0.2, 0.25) is 0 Å². The molecule has 62 valence electrons. The molecule has 0 aromatic rings. The van der Waals surface area contributed by atoms with Crippen LogP contribution in [0.15, 0.2) is 0 Å². The first-order valence-electron chi connectivity index (χ1n) is 2.90. The van der Waals surface area contributed by atoms with E-state index in [0.717, 1.165) is 0 Å². The molecule has 0 aromatic heterocycles. The van der Waals surface area contributed by atoms with Gasteiger partial charge in [-0.2, -0.15) is 0 Å². The van der Waals surface area contributed by atoms with Crippen molar-refractivity contribution in [3.63, 3.8) is 0 Å². The van der Waals surface area contributed by atoms with Crippen LogP contribution in [0.4, 0.5) is 0 Å². The van der Waals surface area contributed by atoms with Crippen LogP contribution >= 0.6 is 0 Å².